The molecule has 1 heterocycles. The molecule has 0 atom stereocenters. The van der Waals surface area contributed by atoms with Gasteiger partial charge in [0.1, 0.15) is 5.15 Å². The van der Waals surface area contributed by atoms with Gasteiger partial charge in [0.25, 0.3) is 5.24 Å². The highest BCUT2D eigenvalue weighted by Crippen LogP contribution is 2.23. The van der Waals surface area contributed by atoms with Crippen molar-refractivity contribution in [1.82, 2.24) is 4.98 Å². The molecule has 0 saturated heterocycles. The summed E-state index contributed by atoms with van der Waals surface area (Å²) in [6.45, 7) is 1.94. The molecule has 2 aromatic rings. The molecule has 76 valence electrons. The number of benzene rings is 1. The Kier molecular flexibility index (Phi) is 2.63. The molecular weight excluding hydrogens is 233 g/mol. The first-order chi connectivity index (χ1) is 7.08. The highest BCUT2D eigenvalue weighted by Gasteiger charge is 2.10. The van der Waals surface area contributed by atoms with E-state index in [0.717, 1.165) is 10.9 Å². The van der Waals surface area contributed by atoms with Gasteiger partial charge in [0, 0.05) is 10.9 Å². The topological polar surface area (TPSA) is 30.0 Å². The second kappa shape index (κ2) is 3.80. The van der Waals surface area contributed by atoms with Gasteiger partial charge in [-0.15, -0.1) is 0 Å². The zero-order valence-electron chi connectivity index (χ0n) is 7.92. The fraction of sp³-hybridized carbons (Fsp3) is 0.0909. The monoisotopic (exact) mass is 239 g/mol. The van der Waals surface area contributed by atoms with E-state index in [2.05, 4.69) is 4.98 Å². The van der Waals surface area contributed by atoms with Crippen LogP contribution in [0.5, 0.6) is 0 Å². The predicted octanol–water partition coefficient (Wildman–Crippen LogP) is 3.58. The van der Waals surface area contributed by atoms with Crippen molar-refractivity contribution in [1.29, 1.82) is 0 Å². The lowest BCUT2D eigenvalue weighted by molar-refractivity contribution is 0.108. The molecule has 0 fully saturated rings. The van der Waals surface area contributed by atoms with Gasteiger partial charge in [0.15, 0.2) is 0 Å². The summed E-state index contributed by atoms with van der Waals surface area (Å²) in [5.41, 5.74) is 2.12. The van der Waals surface area contributed by atoms with Gasteiger partial charge in [-0.05, 0) is 36.7 Å². The molecule has 0 aliphatic rings. The van der Waals surface area contributed by atoms with Gasteiger partial charge in [0.05, 0.1) is 5.52 Å². The third-order valence-corrected chi connectivity index (χ3v) is 2.54. The van der Waals surface area contributed by atoms with Crippen molar-refractivity contribution in [3.05, 3.63) is 40.5 Å². The third-order valence-electron chi connectivity index (χ3n) is 2.14. The lowest BCUT2D eigenvalue weighted by atomic mass is 10.1. The number of carbonyl (C=O) groups is 1. The second-order valence-corrected chi connectivity index (χ2v) is 4.02. The second-order valence-electron chi connectivity index (χ2n) is 3.29. The summed E-state index contributed by atoms with van der Waals surface area (Å²) in [6.07, 6.45) is 0. The average Bonchev–Trinajstić information content (AvgIpc) is 2.17. The number of aromatic nitrogens is 1. The molecule has 2 nitrogen and oxygen atoms in total. The minimum Gasteiger partial charge on any atom is -0.276 e. The standard InChI is InChI=1S/C11H7Cl2NO/c1-6-2-3-9-7(4-6)8(11(13)15)5-10(12)14-9/h2-5H,1H3. The maximum atomic E-state index is 11.2. The molecule has 1 aromatic heterocycles. The van der Waals surface area contributed by atoms with Crippen LogP contribution in [0.25, 0.3) is 10.9 Å². The third kappa shape index (κ3) is 1.96. The van der Waals surface area contributed by atoms with Crippen LogP contribution in [0.3, 0.4) is 0 Å². The molecule has 0 bridgehead atoms. The Bertz CT molecular complexity index is 552. The quantitative estimate of drug-likeness (QED) is 0.563. The van der Waals surface area contributed by atoms with Crippen molar-refractivity contribution in [2.45, 2.75) is 6.92 Å². The number of pyridine rings is 1. The first-order valence-electron chi connectivity index (χ1n) is 4.34. The van der Waals surface area contributed by atoms with Gasteiger partial charge in [-0.2, -0.15) is 0 Å². The van der Waals surface area contributed by atoms with Gasteiger partial charge in [-0.3, -0.25) is 4.79 Å². The van der Waals surface area contributed by atoms with Crippen LogP contribution in [-0.4, -0.2) is 10.2 Å². The predicted molar refractivity (Wildman–Crippen MR) is 61.7 cm³/mol. The Morgan fingerprint density at radius 2 is 2.07 bits per heavy atom. The molecule has 15 heavy (non-hydrogen) atoms. The van der Waals surface area contributed by atoms with E-state index in [9.17, 15) is 4.79 Å². The van der Waals surface area contributed by atoms with E-state index in [4.69, 9.17) is 23.2 Å². The zero-order chi connectivity index (χ0) is 11.0. The first-order valence-corrected chi connectivity index (χ1v) is 5.10. The normalized spacial score (nSPS) is 10.6. The molecule has 0 N–H and O–H groups in total. The highest BCUT2D eigenvalue weighted by molar-refractivity contribution is 6.68. The maximum Gasteiger partial charge on any atom is 0.253 e. The summed E-state index contributed by atoms with van der Waals surface area (Å²) in [6, 6.07) is 7.08. The van der Waals surface area contributed by atoms with E-state index in [-0.39, 0.29) is 5.15 Å². The Morgan fingerprint density at radius 3 is 2.73 bits per heavy atom. The number of halogens is 2. The van der Waals surface area contributed by atoms with E-state index in [1.165, 1.54) is 6.07 Å². The molecule has 0 aliphatic heterocycles. The van der Waals surface area contributed by atoms with Crippen LogP contribution in [0.2, 0.25) is 5.15 Å². The smallest absolute Gasteiger partial charge is 0.253 e. The summed E-state index contributed by atoms with van der Waals surface area (Å²) in [5.74, 6) is 0. The number of rotatable bonds is 1. The van der Waals surface area contributed by atoms with Crippen LogP contribution in [0, 0.1) is 6.92 Å². The van der Waals surface area contributed by atoms with Gasteiger partial charge >= 0.3 is 0 Å². The first kappa shape index (κ1) is 10.4. The Labute approximate surface area is 96.8 Å². The molecular formula is C11H7Cl2NO. The lowest BCUT2D eigenvalue weighted by Crippen LogP contribution is -1.93. The SMILES string of the molecule is Cc1ccc2nc(Cl)cc(C(=O)Cl)c2c1. The zero-order valence-corrected chi connectivity index (χ0v) is 9.43. The van der Waals surface area contributed by atoms with E-state index < -0.39 is 5.24 Å². The Hall–Kier alpha value is -1.12. The number of fused-ring (bicyclic) bond motifs is 1. The van der Waals surface area contributed by atoms with Crippen LogP contribution < -0.4 is 0 Å². The maximum absolute atomic E-state index is 11.2. The fourth-order valence-electron chi connectivity index (χ4n) is 1.47. The van der Waals surface area contributed by atoms with E-state index >= 15 is 0 Å². The molecule has 0 radical (unpaired) electrons. The Morgan fingerprint density at radius 1 is 1.33 bits per heavy atom. The summed E-state index contributed by atoms with van der Waals surface area (Å²) >= 11 is 11.3. The molecule has 0 unspecified atom stereocenters. The van der Waals surface area contributed by atoms with Crippen LogP contribution in [0.15, 0.2) is 24.3 Å². The van der Waals surface area contributed by atoms with Gasteiger partial charge in [-0.1, -0.05) is 23.2 Å². The molecule has 4 heteroatoms. The number of carbonyl (C=O) groups excluding carboxylic acids is 1. The van der Waals surface area contributed by atoms with Crippen LogP contribution >= 0.6 is 23.2 Å². The number of nitrogens with zero attached hydrogens (tertiary/aromatic N) is 1. The highest BCUT2D eigenvalue weighted by atomic mass is 35.5. The van der Waals surface area contributed by atoms with Crippen LogP contribution in [0.4, 0.5) is 0 Å². The summed E-state index contributed by atoms with van der Waals surface area (Å²) < 4.78 is 0. The van der Waals surface area contributed by atoms with E-state index in [1.54, 1.807) is 0 Å². The molecule has 2 rings (SSSR count). The van der Waals surface area contributed by atoms with Crippen molar-refractivity contribution in [3.63, 3.8) is 0 Å². The number of aryl methyl sites for hydroxylation is 1. The Balaban J connectivity index is 2.87. The number of hydrogen-bond donors (Lipinski definition) is 0. The van der Waals surface area contributed by atoms with Gasteiger partial charge in [0.2, 0.25) is 0 Å². The van der Waals surface area contributed by atoms with Crippen molar-refractivity contribution in [2.24, 2.45) is 0 Å². The van der Waals surface area contributed by atoms with Crippen LogP contribution in [-0.2, 0) is 0 Å². The molecule has 1 aromatic carbocycles. The summed E-state index contributed by atoms with van der Waals surface area (Å²) in [7, 11) is 0. The number of hydrogen-bond acceptors (Lipinski definition) is 2. The van der Waals surface area contributed by atoms with E-state index in [0.29, 0.717) is 11.1 Å². The minimum absolute atomic E-state index is 0.273. The average molecular weight is 240 g/mol. The molecule has 0 spiro atoms. The van der Waals surface area contributed by atoms with Gasteiger partial charge in [-0.25, -0.2) is 4.98 Å². The summed E-state index contributed by atoms with van der Waals surface area (Å²) in [4.78, 5) is 15.3. The molecule has 0 saturated carbocycles. The van der Waals surface area contributed by atoms with E-state index in [1.807, 2.05) is 25.1 Å². The van der Waals surface area contributed by atoms with Crippen molar-refractivity contribution in [2.75, 3.05) is 0 Å². The van der Waals surface area contributed by atoms with Crippen molar-refractivity contribution in [3.8, 4) is 0 Å². The minimum atomic E-state index is -0.519. The van der Waals surface area contributed by atoms with Gasteiger partial charge < -0.3 is 0 Å². The molecule has 0 amide bonds. The van der Waals surface area contributed by atoms with Crippen molar-refractivity contribution >= 4 is 39.3 Å². The van der Waals surface area contributed by atoms with Crippen LogP contribution in [0.1, 0.15) is 15.9 Å². The lowest BCUT2D eigenvalue weighted by Gasteiger charge is -2.03. The molecule has 0 aliphatic carbocycles. The van der Waals surface area contributed by atoms with Crippen molar-refractivity contribution < 1.29 is 4.79 Å². The summed E-state index contributed by atoms with van der Waals surface area (Å²) in [5, 5.41) is 0.490. The largest absolute Gasteiger partial charge is 0.276 e. The fourth-order valence-corrected chi connectivity index (χ4v) is 1.83.